The summed E-state index contributed by atoms with van der Waals surface area (Å²) in [5.74, 6) is 0.796. The molecule has 0 aliphatic carbocycles. The highest BCUT2D eigenvalue weighted by molar-refractivity contribution is 7.16. The van der Waals surface area contributed by atoms with Gasteiger partial charge in [-0.05, 0) is 41.3 Å². The van der Waals surface area contributed by atoms with Gasteiger partial charge in [0.2, 0.25) is 0 Å². The van der Waals surface area contributed by atoms with Gasteiger partial charge in [0, 0.05) is 0 Å². The molecule has 3 aromatic rings. The SMILES string of the molecule is COC(=O)Cn1c(=NC(=O)Cc2ccc(OC)c(OC)c2)sc2cc(C(C)C)ccc21. The molecular formula is C23H26N2O5S. The van der Waals surface area contributed by atoms with Crippen molar-refractivity contribution in [3.05, 3.63) is 52.3 Å². The number of methoxy groups -OCH3 is 3. The topological polar surface area (TPSA) is 79.1 Å². The molecule has 2 aromatic carbocycles. The minimum absolute atomic E-state index is 0.0139. The molecule has 7 nitrogen and oxygen atoms in total. The molecule has 3 rings (SSSR count). The third-order valence-corrected chi connectivity index (χ3v) is 5.95. The molecule has 0 spiro atoms. The second kappa shape index (κ2) is 9.78. The van der Waals surface area contributed by atoms with Crippen molar-refractivity contribution >= 4 is 33.4 Å². The molecule has 1 heterocycles. The Hall–Kier alpha value is -3.13. The number of ether oxygens (including phenoxy) is 3. The van der Waals surface area contributed by atoms with E-state index in [1.54, 1.807) is 37.0 Å². The van der Waals surface area contributed by atoms with E-state index in [1.165, 1.54) is 24.0 Å². The minimum atomic E-state index is -0.401. The highest BCUT2D eigenvalue weighted by Gasteiger charge is 2.14. The molecule has 1 amide bonds. The van der Waals surface area contributed by atoms with Gasteiger partial charge in [0.1, 0.15) is 6.54 Å². The number of esters is 1. The average molecular weight is 443 g/mol. The first-order chi connectivity index (χ1) is 14.9. The lowest BCUT2D eigenvalue weighted by Gasteiger charge is -2.08. The van der Waals surface area contributed by atoms with Gasteiger partial charge in [0.15, 0.2) is 16.3 Å². The highest BCUT2D eigenvalue weighted by atomic mass is 32.1. The smallest absolute Gasteiger partial charge is 0.325 e. The zero-order chi connectivity index (χ0) is 22.5. The molecule has 0 aliphatic heterocycles. The summed E-state index contributed by atoms with van der Waals surface area (Å²) < 4.78 is 18.1. The lowest BCUT2D eigenvalue weighted by Crippen LogP contribution is -2.22. The fraction of sp³-hybridized carbons (Fsp3) is 0.348. The molecule has 0 saturated heterocycles. The summed E-state index contributed by atoms with van der Waals surface area (Å²) in [5.41, 5.74) is 2.79. The summed E-state index contributed by atoms with van der Waals surface area (Å²) in [6.07, 6.45) is 0.101. The second-order valence-corrected chi connectivity index (χ2v) is 8.31. The molecular weight excluding hydrogens is 416 g/mol. The Balaban J connectivity index is 2.00. The Labute approximate surface area is 184 Å². The van der Waals surface area contributed by atoms with Crippen LogP contribution in [0.4, 0.5) is 0 Å². The van der Waals surface area contributed by atoms with E-state index in [4.69, 9.17) is 14.2 Å². The van der Waals surface area contributed by atoms with E-state index < -0.39 is 5.97 Å². The molecule has 0 N–H and O–H groups in total. The molecule has 0 saturated carbocycles. The number of carbonyl (C=O) groups is 2. The first-order valence-electron chi connectivity index (χ1n) is 9.84. The molecule has 0 bridgehead atoms. The normalized spacial score (nSPS) is 11.7. The van der Waals surface area contributed by atoms with Crippen molar-refractivity contribution in [2.45, 2.75) is 32.7 Å². The minimum Gasteiger partial charge on any atom is -0.493 e. The summed E-state index contributed by atoms with van der Waals surface area (Å²) in [7, 11) is 4.45. The van der Waals surface area contributed by atoms with Crippen LogP contribution in [0, 0.1) is 0 Å². The Morgan fingerprint density at radius 3 is 2.42 bits per heavy atom. The number of hydrogen-bond donors (Lipinski definition) is 0. The number of aromatic nitrogens is 1. The van der Waals surface area contributed by atoms with E-state index in [0.29, 0.717) is 22.2 Å². The van der Waals surface area contributed by atoms with Crippen LogP contribution < -0.4 is 14.3 Å². The molecule has 8 heteroatoms. The lowest BCUT2D eigenvalue weighted by atomic mass is 10.0. The van der Waals surface area contributed by atoms with Gasteiger partial charge in [-0.2, -0.15) is 4.99 Å². The van der Waals surface area contributed by atoms with Crippen LogP contribution in [0.2, 0.25) is 0 Å². The largest absolute Gasteiger partial charge is 0.493 e. The van der Waals surface area contributed by atoms with Crippen molar-refractivity contribution in [3.63, 3.8) is 0 Å². The summed E-state index contributed by atoms with van der Waals surface area (Å²) in [6.45, 7) is 4.23. The third kappa shape index (κ3) is 5.14. The van der Waals surface area contributed by atoms with E-state index >= 15 is 0 Å². The maximum absolute atomic E-state index is 12.7. The van der Waals surface area contributed by atoms with Crippen LogP contribution in [0.3, 0.4) is 0 Å². The molecule has 0 radical (unpaired) electrons. The summed E-state index contributed by atoms with van der Waals surface area (Å²) >= 11 is 1.38. The van der Waals surface area contributed by atoms with Gasteiger partial charge in [0.05, 0.1) is 38.0 Å². The van der Waals surface area contributed by atoms with Gasteiger partial charge in [0.25, 0.3) is 5.91 Å². The Kier molecular flexibility index (Phi) is 7.12. The first kappa shape index (κ1) is 22.6. The number of benzene rings is 2. The highest BCUT2D eigenvalue weighted by Crippen LogP contribution is 2.28. The molecule has 0 fully saturated rings. The maximum Gasteiger partial charge on any atom is 0.325 e. The third-order valence-electron chi connectivity index (χ3n) is 4.91. The van der Waals surface area contributed by atoms with E-state index in [-0.39, 0.29) is 18.9 Å². The number of rotatable bonds is 7. The van der Waals surface area contributed by atoms with E-state index in [2.05, 4.69) is 24.9 Å². The van der Waals surface area contributed by atoms with Crippen LogP contribution in [0.15, 0.2) is 41.4 Å². The fourth-order valence-electron chi connectivity index (χ4n) is 3.19. The predicted molar refractivity (Wildman–Crippen MR) is 120 cm³/mol. The van der Waals surface area contributed by atoms with Crippen LogP contribution in [0.5, 0.6) is 11.5 Å². The van der Waals surface area contributed by atoms with Crippen molar-refractivity contribution < 1.29 is 23.8 Å². The van der Waals surface area contributed by atoms with E-state index in [1.807, 2.05) is 12.1 Å². The Morgan fingerprint density at radius 2 is 1.77 bits per heavy atom. The van der Waals surface area contributed by atoms with Crippen LogP contribution >= 0.6 is 11.3 Å². The standard InChI is InChI=1S/C23H26N2O5S/c1-14(2)16-7-8-17-20(12-16)31-23(25(17)13-22(27)30-5)24-21(26)11-15-6-9-18(28-3)19(10-15)29-4/h6-10,12,14H,11,13H2,1-5H3. The second-order valence-electron chi connectivity index (χ2n) is 7.30. The molecule has 0 atom stereocenters. The average Bonchev–Trinajstić information content (AvgIpc) is 3.09. The number of carbonyl (C=O) groups excluding carboxylic acids is 2. The van der Waals surface area contributed by atoms with Crippen molar-refractivity contribution in [1.29, 1.82) is 0 Å². The van der Waals surface area contributed by atoms with Gasteiger partial charge < -0.3 is 18.8 Å². The van der Waals surface area contributed by atoms with Crippen molar-refractivity contribution in [2.24, 2.45) is 4.99 Å². The molecule has 0 aliphatic rings. The van der Waals surface area contributed by atoms with Gasteiger partial charge >= 0.3 is 5.97 Å². The lowest BCUT2D eigenvalue weighted by molar-refractivity contribution is -0.141. The summed E-state index contributed by atoms with van der Waals surface area (Å²) in [6, 6.07) is 11.4. The molecule has 164 valence electrons. The van der Waals surface area contributed by atoms with Gasteiger partial charge in [-0.15, -0.1) is 0 Å². The number of nitrogens with zero attached hydrogens (tertiary/aromatic N) is 2. The number of fused-ring (bicyclic) bond motifs is 1. The van der Waals surface area contributed by atoms with Gasteiger partial charge in [-0.1, -0.05) is 37.3 Å². The number of amides is 1. The monoisotopic (exact) mass is 442 g/mol. The zero-order valence-electron chi connectivity index (χ0n) is 18.3. The van der Waals surface area contributed by atoms with Crippen LogP contribution in [-0.2, 0) is 27.3 Å². The summed E-state index contributed by atoms with van der Waals surface area (Å²) in [4.78, 5) is 29.5. The van der Waals surface area contributed by atoms with Gasteiger partial charge in [-0.3, -0.25) is 9.59 Å². The summed E-state index contributed by atoms with van der Waals surface area (Å²) in [5, 5.41) is 0. The first-order valence-corrected chi connectivity index (χ1v) is 10.7. The number of hydrogen-bond acceptors (Lipinski definition) is 6. The van der Waals surface area contributed by atoms with Crippen LogP contribution in [-0.4, -0.2) is 37.8 Å². The Bertz CT molecular complexity index is 1180. The van der Waals surface area contributed by atoms with Crippen molar-refractivity contribution in [2.75, 3.05) is 21.3 Å². The molecule has 0 unspecified atom stereocenters. The van der Waals surface area contributed by atoms with Gasteiger partial charge in [-0.25, -0.2) is 0 Å². The molecule has 31 heavy (non-hydrogen) atoms. The van der Waals surface area contributed by atoms with Crippen molar-refractivity contribution in [3.8, 4) is 11.5 Å². The Morgan fingerprint density at radius 1 is 1.03 bits per heavy atom. The van der Waals surface area contributed by atoms with E-state index in [0.717, 1.165) is 15.8 Å². The number of thiazole rings is 1. The molecule has 1 aromatic heterocycles. The van der Waals surface area contributed by atoms with E-state index in [9.17, 15) is 9.59 Å². The predicted octanol–water partition coefficient (Wildman–Crippen LogP) is 3.69. The van der Waals surface area contributed by atoms with Crippen LogP contribution in [0.25, 0.3) is 10.2 Å². The van der Waals surface area contributed by atoms with Crippen molar-refractivity contribution in [1.82, 2.24) is 4.57 Å². The quantitative estimate of drug-likeness (QED) is 0.522. The fourth-order valence-corrected chi connectivity index (χ4v) is 4.29. The van der Waals surface area contributed by atoms with Crippen LogP contribution in [0.1, 0.15) is 30.9 Å². The maximum atomic E-state index is 12.7. The zero-order valence-corrected chi connectivity index (χ0v) is 19.1.